The second kappa shape index (κ2) is 21.2. The van der Waals surface area contributed by atoms with Gasteiger partial charge in [-0.3, -0.25) is 24.6 Å². The van der Waals surface area contributed by atoms with Crippen LogP contribution in [-0.2, 0) is 24.0 Å². The van der Waals surface area contributed by atoms with E-state index in [0.29, 0.717) is 45.2 Å². The average Bonchev–Trinajstić information content (AvgIpc) is 2.91. The molecule has 0 saturated carbocycles. The topological polar surface area (TPSA) is 314 Å². The molecule has 17 heteroatoms. The van der Waals surface area contributed by atoms with E-state index in [4.69, 9.17) is 28.3 Å². The van der Waals surface area contributed by atoms with Crippen LogP contribution in [0.15, 0.2) is 0 Å². The summed E-state index contributed by atoms with van der Waals surface area (Å²) in [5, 5.41) is 38.8. The number of amides is 4. The number of rotatable bonds is 22. The minimum atomic E-state index is -1.60. The Labute approximate surface area is 239 Å². The molecule has 0 aromatic carbocycles. The third kappa shape index (κ3) is 16.3. The van der Waals surface area contributed by atoms with Crippen LogP contribution in [0, 0.1) is 5.41 Å². The van der Waals surface area contributed by atoms with Crippen molar-refractivity contribution in [1.82, 2.24) is 26.6 Å². The molecule has 0 rings (SSSR count). The van der Waals surface area contributed by atoms with Crippen molar-refractivity contribution in [3.63, 3.8) is 0 Å². The molecule has 0 bridgehead atoms. The second-order valence-electron chi connectivity index (χ2n) is 9.56. The van der Waals surface area contributed by atoms with E-state index in [9.17, 15) is 34.2 Å². The molecule has 0 aromatic heterocycles. The van der Waals surface area contributed by atoms with Crippen LogP contribution in [0.2, 0.25) is 0 Å². The molecule has 0 saturated heterocycles. The number of carbonyl (C=O) groups is 5. The average molecular weight is 589 g/mol. The van der Waals surface area contributed by atoms with Gasteiger partial charge < -0.3 is 59.7 Å². The first kappa shape index (κ1) is 37.5. The van der Waals surface area contributed by atoms with Gasteiger partial charge in [-0.05, 0) is 71.4 Å². The number of carboxylic acids is 1. The van der Waals surface area contributed by atoms with Gasteiger partial charge >= 0.3 is 5.97 Å². The maximum absolute atomic E-state index is 13.3. The summed E-state index contributed by atoms with van der Waals surface area (Å²) >= 11 is 0. The highest BCUT2D eigenvalue weighted by Crippen LogP contribution is 2.08. The smallest absolute Gasteiger partial charge is 0.328 e. The molecule has 5 atom stereocenters. The summed E-state index contributed by atoms with van der Waals surface area (Å²) in [6, 6.07) is -4.93. The fraction of sp³-hybridized carbons (Fsp3) is 0.750. The summed E-state index contributed by atoms with van der Waals surface area (Å²) in [6.07, 6.45) is 1.39. The summed E-state index contributed by atoms with van der Waals surface area (Å²) in [5.74, 6) is -4.46. The Hall–Kier alpha value is -3.54. The Morgan fingerprint density at radius 1 is 0.732 bits per heavy atom. The van der Waals surface area contributed by atoms with Crippen molar-refractivity contribution in [3.8, 4) is 0 Å². The van der Waals surface area contributed by atoms with Crippen LogP contribution in [-0.4, -0.2) is 102 Å². The molecule has 0 radical (unpaired) electrons. The van der Waals surface area contributed by atoms with E-state index < -0.39 is 59.9 Å². The zero-order valence-corrected chi connectivity index (χ0v) is 23.6. The number of nitrogens with one attached hydrogen (secondary N) is 6. The van der Waals surface area contributed by atoms with E-state index in [0.717, 1.165) is 0 Å². The van der Waals surface area contributed by atoms with Crippen molar-refractivity contribution in [1.29, 1.82) is 5.41 Å². The van der Waals surface area contributed by atoms with Crippen LogP contribution in [0.3, 0.4) is 0 Å². The SMILES string of the molecule is C[C@@H](O)[C@H](NC(=O)[C@H](CCCCN)NC(=O)[C@H](CCCCN)NC(=O)[C@H](CCCNC(=N)N)NC(=O)CN)C(=O)O. The molecular formula is C24H48N10O7. The fourth-order valence-electron chi connectivity index (χ4n) is 3.76. The first-order valence-electron chi connectivity index (χ1n) is 13.7. The highest BCUT2D eigenvalue weighted by molar-refractivity contribution is 5.95. The molecule has 16 N–H and O–H groups in total. The number of hydrogen-bond donors (Lipinski definition) is 12. The van der Waals surface area contributed by atoms with Gasteiger partial charge in [-0.15, -0.1) is 0 Å². The molecule has 0 aliphatic carbocycles. The van der Waals surface area contributed by atoms with Crippen molar-refractivity contribution < 1.29 is 34.2 Å². The zero-order chi connectivity index (χ0) is 31.4. The number of unbranched alkanes of at least 4 members (excludes halogenated alkanes) is 2. The van der Waals surface area contributed by atoms with E-state index in [2.05, 4.69) is 26.6 Å². The van der Waals surface area contributed by atoms with Crippen LogP contribution < -0.4 is 49.5 Å². The number of guanidine groups is 1. The highest BCUT2D eigenvalue weighted by atomic mass is 16.4. The van der Waals surface area contributed by atoms with Gasteiger partial charge in [0.1, 0.15) is 18.1 Å². The number of aliphatic hydroxyl groups is 1. The molecule has 41 heavy (non-hydrogen) atoms. The van der Waals surface area contributed by atoms with Gasteiger partial charge in [-0.25, -0.2) is 4.79 Å². The molecule has 0 aromatic rings. The van der Waals surface area contributed by atoms with E-state index >= 15 is 0 Å². The molecule has 17 nitrogen and oxygen atoms in total. The van der Waals surface area contributed by atoms with Crippen LogP contribution in [0.4, 0.5) is 0 Å². The minimum absolute atomic E-state index is 0.128. The fourth-order valence-corrected chi connectivity index (χ4v) is 3.76. The molecule has 4 amide bonds. The van der Waals surface area contributed by atoms with Gasteiger partial charge in [0.25, 0.3) is 0 Å². The van der Waals surface area contributed by atoms with Crippen LogP contribution in [0.25, 0.3) is 0 Å². The Kier molecular flexibility index (Phi) is 19.4. The van der Waals surface area contributed by atoms with Crippen LogP contribution in [0.5, 0.6) is 0 Å². The monoisotopic (exact) mass is 588 g/mol. The lowest BCUT2D eigenvalue weighted by Crippen LogP contribution is -2.58. The molecular weight excluding hydrogens is 540 g/mol. The summed E-state index contributed by atoms with van der Waals surface area (Å²) in [7, 11) is 0. The zero-order valence-electron chi connectivity index (χ0n) is 23.6. The van der Waals surface area contributed by atoms with Crippen molar-refractivity contribution in [2.24, 2.45) is 22.9 Å². The van der Waals surface area contributed by atoms with Crippen molar-refractivity contribution in [2.75, 3.05) is 26.2 Å². The lowest BCUT2D eigenvalue weighted by molar-refractivity contribution is -0.145. The minimum Gasteiger partial charge on any atom is -0.480 e. The number of carbonyl (C=O) groups excluding carboxylic acids is 4. The van der Waals surface area contributed by atoms with E-state index in [1.165, 1.54) is 6.92 Å². The maximum Gasteiger partial charge on any atom is 0.328 e. The second-order valence-corrected chi connectivity index (χ2v) is 9.56. The quantitative estimate of drug-likeness (QED) is 0.0326. The molecule has 0 unspecified atom stereocenters. The number of aliphatic hydroxyl groups excluding tert-OH is 1. The lowest BCUT2D eigenvalue weighted by Gasteiger charge is -2.26. The highest BCUT2D eigenvalue weighted by Gasteiger charge is 2.32. The van der Waals surface area contributed by atoms with E-state index in [-0.39, 0.29) is 38.3 Å². The Morgan fingerprint density at radius 3 is 1.56 bits per heavy atom. The van der Waals surface area contributed by atoms with Gasteiger partial charge in [-0.2, -0.15) is 0 Å². The normalized spacial score (nSPS) is 14.5. The largest absolute Gasteiger partial charge is 0.480 e. The summed E-state index contributed by atoms with van der Waals surface area (Å²) < 4.78 is 0. The molecule has 0 fully saturated rings. The van der Waals surface area contributed by atoms with Gasteiger partial charge in [-0.1, -0.05) is 0 Å². The number of hydrogen-bond acceptors (Lipinski definition) is 10. The molecule has 0 aliphatic heterocycles. The molecule has 0 aliphatic rings. The third-order valence-corrected chi connectivity index (χ3v) is 6.03. The predicted octanol–water partition coefficient (Wildman–Crippen LogP) is -4.13. The predicted molar refractivity (Wildman–Crippen MR) is 151 cm³/mol. The van der Waals surface area contributed by atoms with Gasteiger partial charge in [0, 0.05) is 6.54 Å². The number of nitrogens with two attached hydrogens (primary N) is 4. The molecule has 0 heterocycles. The summed E-state index contributed by atoms with van der Waals surface area (Å²) in [6.45, 7) is 1.80. The molecule has 0 spiro atoms. The summed E-state index contributed by atoms with van der Waals surface area (Å²) in [5.41, 5.74) is 21.8. The Balaban J connectivity index is 5.78. The van der Waals surface area contributed by atoms with Gasteiger partial charge in [0.15, 0.2) is 12.0 Å². The Bertz CT molecular complexity index is 859. The van der Waals surface area contributed by atoms with Crippen molar-refractivity contribution in [2.45, 2.75) is 88.6 Å². The first-order valence-corrected chi connectivity index (χ1v) is 13.7. The van der Waals surface area contributed by atoms with Gasteiger partial charge in [0.2, 0.25) is 23.6 Å². The van der Waals surface area contributed by atoms with E-state index in [1.807, 2.05) is 0 Å². The third-order valence-electron chi connectivity index (χ3n) is 6.03. The summed E-state index contributed by atoms with van der Waals surface area (Å²) in [4.78, 5) is 62.8. The van der Waals surface area contributed by atoms with Crippen molar-refractivity contribution in [3.05, 3.63) is 0 Å². The van der Waals surface area contributed by atoms with Crippen LogP contribution >= 0.6 is 0 Å². The number of carboxylic acid groups (broad SMARTS) is 1. The lowest BCUT2D eigenvalue weighted by atomic mass is 10.0. The maximum atomic E-state index is 13.3. The van der Waals surface area contributed by atoms with Crippen LogP contribution in [0.1, 0.15) is 58.3 Å². The van der Waals surface area contributed by atoms with E-state index in [1.54, 1.807) is 0 Å². The first-order chi connectivity index (χ1) is 19.4. The number of aliphatic carboxylic acids is 1. The van der Waals surface area contributed by atoms with Crippen molar-refractivity contribution >= 4 is 35.6 Å². The molecule has 236 valence electrons. The Morgan fingerprint density at radius 2 is 1.17 bits per heavy atom. The van der Waals surface area contributed by atoms with Gasteiger partial charge in [0.05, 0.1) is 12.6 Å². The standard InChI is InChI=1S/C24H48N10O7/c1-14(35)19(23(40)41)34-22(39)17(8-3-5-11-26)33-21(38)16(7-2-4-10-25)32-20(37)15(31-18(36)13-27)9-6-12-30-24(28)29/h14-17,19,35H,2-13,25-27H2,1H3,(H,31,36)(H,32,37)(H,33,38)(H,34,39)(H,40,41)(H4,28,29,30)/t14-,15+,16+,17+,19+/m1/s1.